The van der Waals surface area contributed by atoms with Gasteiger partial charge in [-0.2, -0.15) is 0 Å². The number of nitrogen functional groups attached to an aromatic ring is 2. The average Bonchev–Trinajstić information content (AvgIpc) is 2.42. The van der Waals surface area contributed by atoms with Crippen molar-refractivity contribution in [2.75, 3.05) is 11.5 Å². The fourth-order valence-electron chi connectivity index (χ4n) is 1.61. The molecule has 8 heteroatoms. The molecule has 0 bridgehead atoms. The van der Waals surface area contributed by atoms with Gasteiger partial charge in [0.25, 0.3) is 0 Å². The molecule has 4 N–H and O–H groups in total. The minimum atomic E-state index is 0.134. The van der Waals surface area contributed by atoms with E-state index in [1.807, 2.05) is 0 Å². The lowest BCUT2D eigenvalue weighted by Gasteiger charge is -2.14. The van der Waals surface area contributed by atoms with Gasteiger partial charge in [-0.25, -0.2) is 0 Å². The summed E-state index contributed by atoms with van der Waals surface area (Å²) in [4.78, 5) is 0. The normalized spacial score (nSPS) is 10.9. The van der Waals surface area contributed by atoms with Crippen molar-refractivity contribution in [3.8, 4) is 11.1 Å². The van der Waals surface area contributed by atoms with Gasteiger partial charge in [0.2, 0.25) is 0 Å². The number of nitrogens with two attached hydrogens (primary N) is 2. The zero-order valence-corrected chi connectivity index (χ0v) is 14.1. The highest BCUT2D eigenvalue weighted by Crippen LogP contribution is 2.47. The molecule has 20 heavy (non-hydrogen) atoms. The summed E-state index contributed by atoms with van der Waals surface area (Å²) in [6, 6.07) is 3.07. The van der Waals surface area contributed by atoms with Crippen LogP contribution in [-0.4, -0.2) is 0 Å². The van der Waals surface area contributed by atoms with Gasteiger partial charge in [0.1, 0.15) is 0 Å². The predicted molar refractivity (Wildman–Crippen MR) is 90.8 cm³/mol. The topological polar surface area (TPSA) is 52.0 Å². The van der Waals surface area contributed by atoms with Crippen molar-refractivity contribution in [1.29, 1.82) is 0 Å². The van der Waals surface area contributed by atoms with Gasteiger partial charge < -0.3 is 11.5 Å². The van der Waals surface area contributed by atoms with Crippen LogP contribution in [0.2, 0.25) is 30.1 Å². The van der Waals surface area contributed by atoms with Crippen LogP contribution in [0, 0.1) is 0 Å². The van der Waals surface area contributed by atoms with Crippen molar-refractivity contribution in [2.24, 2.45) is 0 Å². The van der Waals surface area contributed by atoms with E-state index in [0.717, 1.165) is 0 Å². The first-order valence-corrected chi connectivity index (χ1v) is 7.38. The highest BCUT2D eigenvalue weighted by atomic mass is 35.5. The maximum atomic E-state index is 6.17. The van der Waals surface area contributed by atoms with Crippen molar-refractivity contribution in [3.05, 3.63) is 42.3 Å². The fraction of sp³-hybridized carbons (Fsp3) is 0. The summed E-state index contributed by atoms with van der Waals surface area (Å²) in [5.41, 5.74) is 12.7. The Morgan fingerprint density at radius 1 is 0.550 bits per heavy atom. The van der Waals surface area contributed by atoms with Crippen LogP contribution in [0.4, 0.5) is 11.4 Å². The monoisotopic (exact) mass is 388 g/mol. The quantitative estimate of drug-likeness (QED) is 0.435. The number of rotatable bonds is 1. The second-order valence-electron chi connectivity index (χ2n) is 3.90. The van der Waals surface area contributed by atoms with E-state index in [1.54, 1.807) is 0 Å². The van der Waals surface area contributed by atoms with Crippen LogP contribution in [0.5, 0.6) is 0 Å². The highest BCUT2D eigenvalue weighted by Gasteiger charge is 2.19. The van der Waals surface area contributed by atoms with Gasteiger partial charge in [-0.15, -0.1) is 0 Å². The molecule has 0 atom stereocenters. The van der Waals surface area contributed by atoms with E-state index in [4.69, 9.17) is 81.1 Å². The SMILES string of the molecule is Nc1c(Cl)cc(-c2cc(Cl)c(N)c(Cl)c2Cl)c(Cl)c1Cl. The van der Waals surface area contributed by atoms with Gasteiger partial charge in [-0.05, 0) is 12.1 Å². The van der Waals surface area contributed by atoms with Crippen LogP contribution in [0.1, 0.15) is 0 Å². The third-order valence-corrected chi connectivity index (χ3v) is 5.07. The maximum Gasteiger partial charge on any atom is 0.0843 e. The van der Waals surface area contributed by atoms with E-state index in [0.29, 0.717) is 11.1 Å². The molecule has 0 aliphatic rings. The second-order valence-corrected chi connectivity index (χ2v) is 6.22. The molecule has 2 nitrogen and oxygen atoms in total. The van der Waals surface area contributed by atoms with Crippen LogP contribution in [0.3, 0.4) is 0 Å². The lowest BCUT2D eigenvalue weighted by molar-refractivity contribution is 1.60. The van der Waals surface area contributed by atoms with Crippen LogP contribution < -0.4 is 11.5 Å². The molecule has 0 aliphatic heterocycles. The molecule has 0 fully saturated rings. The predicted octanol–water partition coefficient (Wildman–Crippen LogP) is 6.44. The summed E-state index contributed by atoms with van der Waals surface area (Å²) >= 11 is 36.4. The van der Waals surface area contributed by atoms with Gasteiger partial charge in [-0.3, -0.25) is 0 Å². The van der Waals surface area contributed by atoms with E-state index in [-0.39, 0.29) is 41.5 Å². The molecule has 2 aromatic carbocycles. The molecule has 106 valence electrons. The average molecular weight is 391 g/mol. The molecule has 0 unspecified atom stereocenters. The van der Waals surface area contributed by atoms with E-state index >= 15 is 0 Å². The third-order valence-electron chi connectivity index (χ3n) is 2.68. The molecular weight excluding hydrogens is 385 g/mol. The van der Waals surface area contributed by atoms with Crippen LogP contribution >= 0.6 is 69.6 Å². The molecule has 2 rings (SSSR count). The summed E-state index contributed by atoms with van der Waals surface area (Å²) in [6.45, 7) is 0. The zero-order chi connectivity index (χ0) is 15.2. The summed E-state index contributed by atoms with van der Waals surface area (Å²) < 4.78 is 0. The number of hydrogen-bond donors (Lipinski definition) is 2. The summed E-state index contributed by atoms with van der Waals surface area (Å²) in [6.07, 6.45) is 0. The molecule has 0 spiro atoms. The molecular formula is C12H6Cl6N2. The Kier molecular flexibility index (Phi) is 4.75. The van der Waals surface area contributed by atoms with Crippen molar-refractivity contribution in [1.82, 2.24) is 0 Å². The van der Waals surface area contributed by atoms with Gasteiger partial charge in [0, 0.05) is 11.1 Å². The Hall–Kier alpha value is -0.220. The summed E-state index contributed by atoms with van der Waals surface area (Å²) in [7, 11) is 0. The number of halogens is 6. The summed E-state index contributed by atoms with van der Waals surface area (Å²) in [5.74, 6) is 0. The smallest absolute Gasteiger partial charge is 0.0843 e. The first-order valence-electron chi connectivity index (χ1n) is 5.12. The van der Waals surface area contributed by atoms with Gasteiger partial charge in [0.15, 0.2) is 0 Å². The molecule has 0 amide bonds. The van der Waals surface area contributed by atoms with Gasteiger partial charge >= 0.3 is 0 Å². The van der Waals surface area contributed by atoms with E-state index < -0.39 is 0 Å². The number of hydrogen-bond acceptors (Lipinski definition) is 2. The first-order chi connectivity index (χ1) is 9.25. The minimum Gasteiger partial charge on any atom is -0.396 e. The Balaban J connectivity index is 2.83. The zero-order valence-electron chi connectivity index (χ0n) is 9.58. The van der Waals surface area contributed by atoms with E-state index in [9.17, 15) is 0 Å². The molecule has 0 aliphatic carbocycles. The molecule has 0 aromatic heterocycles. The third kappa shape index (κ3) is 2.61. The highest BCUT2D eigenvalue weighted by molar-refractivity contribution is 6.50. The Labute approximate surface area is 145 Å². The lowest BCUT2D eigenvalue weighted by Crippen LogP contribution is -1.94. The van der Waals surface area contributed by atoms with Crippen LogP contribution in [-0.2, 0) is 0 Å². The molecule has 0 heterocycles. The number of benzene rings is 2. The largest absolute Gasteiger partial charge is 0.396 e. The Morgan fingerprint density at radius 3 is 1.15 bits per heavy atom. The fourth-order valence-corrected chi connectivity index (χ4v) is 3.04. The van der Waals surface area contributed by atoms with Crippen molar-refractivity contribution < 1.29 is 0 Å². The standard InChI is InChI=1S/C12H6Cl6N2/c13-5-1-3(7(15)9(17)11(5)19)4-2-6(14)12(20)10(18)8(4)16/h1-2H,19-20H2. The molecule has 0 saturated carbocycles. The maximum absolute atomic E-state index is 6.17. The number of anilines is 2. The summed E-state index contributed by atoms with van der Waals surface area (Å²) in [5, 5.41) is 1.16. The second kappa shape index (κ2) is 5.88. The van der Waals surface area contributed by atoms with Gasteiger partial charge in [0.05, 0.1) is 41.5 Å². The molecule has 2 aromatic rings. The van der Waals surface area contributed by atoms with Crippen molar-refractivity contribution in [3.63, 3.8) is 0 Å². The van der Waals surface area contributed by atoms with E-state index in [2.05, 4.69) is 0 Å². The first kappa shape index (κ1) is 16.2. The van der Waals surface area contributed by atoms with Crippen LogP contribution in [0.25, 0.3) is 11.1 Å². The lowest BCUT2D eigenvalue weighted by atomic mass is 10.0. The van der Waals surface area contributed by atoms with Gasteiger partial charge in [-0.1, -0.05) is 69.6 Å². The van der Waals surface area contributed by atoms with E-state index in [1.165, 1.54) is 12.1 Å². The van der Waals surface area contributed by atoms with Crippen molar-refractivity contribution in [2.45, 2.75) is 0 Å². The minimum absolute atomic E-state index is 0.134. The van der Waals surface area contributed by atoms with Crippen LogP contribution in [0.15, 0.2) is 12.1 Å². The Bertz CT molecular complexity index is 653. The Morgan fingerprint density at radius 2 is 0.850 bits per heavy atom. The molecule has 0 saturated heterocycles. The molecule has 0 radical (unpaired) electrons. The van der Waals surface area contributed by atoms with Crippen molar-refractivity contribution >= 4 is 81.0 Å².